The highest BCUT2D eigenvalue weighted by atomic mass is 35.5. The van der Waals surface area contributed by atoms with E-state index >= 15 is 0 Å². The molecule has 1 N–H and O–H groups in total. The van der Waals surface area contributed by atoms with E-state index in [0.717, 1.165) is 11.8 Å². The van der Waals surface area contributed by atoms with E-state index in [-0.39, 0.29) is 24.3 Å². The van der Waals surface area contributed by atoms with Crippen LogP contribution in [-0.2, 0) is 4.79 Å². The van der Waals surface area contributed by atoms with Crippen molar-refractivity contribution in [1.82, 2.24) is 5.32 Å². The first kappa shape index (κ1) is 17.3. The second kappa shape index (κ2) is 7.14. The van der Waals surface area contributed by atoms with Gasteiger partial charge in [-0.3, -0.25) is 9.59 Å². The van der Waals surface area contributed by atoms with Crippen molar-refractivity contribution < 1.29 is 14.3 Å². The number of fused-ring (bicyclic) bond motifs is 2. The maximum Gasteiger partial charge on any atom is 0.258 e. The third-order valence-electron chi connectivity index (χ3n) is 5.50. The van der Waals surface area contributed by atoms with E-state index in [1.807, 2.05) is 0 Å². The molecule has 2 bridgehead atoms. The highest BCUT2D eigenvalue weighted by molar-refractivity contribution is 6.31. The first-order valence-electron chi connectivity index (χ1n) is 8.66. The first-order valence-corrected chi connectivity index (χ1v) is 9.04. The molecule has 24 heavy (non-hydrogen) atoms. The number of carbonyl (C=O) groups excluding carboxylic acids is 2. The lowest BCUT2D eigenvalue weighted by Gasteiger charge is -2.28. The Morgan fingerprint density at radius 2 is 2.12 bits per heavy atom. The zero-order chi connectivity index (χ0) is 17.3. The molecule has 0 heterocycles. The lowest BCUT2D eigenvalue weighted by atomic mass is 9.84. The molecular weight excluding hydrogens is 326 g/mol. The molecule has 0 saturated heterocycles. The highest BCUT2D eigenvalue weighted by Crippen LogP contribution is 2.49. The van der Waals surface area contributed by atoms with Crippen LogP contribution < -0.4 is 10.1 Å². The summed E-state index contributed by atoms with van der Waals surface area (Å²) < 4.78 is 5.55. The van der Waals surface area contributed by atoms with Crippen molar-refractivity contribution in [2.24, 2.45) is 17.8 Å². The van der Waals surface area contributed by atoms with Crippen molar-refractivity contribution in [1.29, 1.82) is 0 Å². The minimum Gasteiger partial charge on any atom is -0.483 e. The van der Waals surface area contributed by atoms with Crippen LogP contribution in [0.2, 0.25) is 5.02 Å². The van der Waals surface area contributed by atoms with Gasteiger partial charge >= 0.3 is 0 Å². The topological polar surface area (TPSA) is 55.4 Å². The molecule has 0 spiro atoms. The molecule has 0 radical (unpaired) electrons. The summed E-state index contributed by atoms with van der Waals surface area (Å²) in [5, 5.41) is 3.54. The molecule has 1 aromatic rings. The van der Waals surface area contributed by atoms with Gasteiger partial charge in [-0.2, -0.15) is 0 Å². The number of carbonyl (C=O) groups is 2. The number of hydrogen-bond acceptors (Lipinski definition) is 3. The van der Waals surface area contributed by atoms with Crippen LogP contribution in [0, 0.1) is 17.8 Å². The quantitative estimate of drug-likeness (QED) is 0.793. The molecule has 1 aromatic carbocycles. The SMILES string of the molecule is CC(=O)c1cc(Cl)ccc1OCC(=O)N[C@@H](C)[C@H]1C[C@H]2CC[C@H]1C2. The Bertz CT molecular complexity index is 645. The van der Waals surface area contributed by atoms with Crippen LogP contribution in [0.1, 0.15) is 49.9 Å². The smallest absolute Gasteiger partial charge is 0.258 e. The van der Waals surface area contributed by atoms with Gasteiger partial charge in [-0.25, -0.2) is 0 Å². The summed E-state index contributed by atoms with van der Waals surface area (Å²) in [5.41, 5.74) is 0.399. The number of ketones is 1. The molecule has 4 nitrogen and oxygen atoms in total. The summed E-state index contributed by atoms with van der Waals surface area (Å²) in [4.78, 5) is 23.8. The normalized spacial score (nSPS) is 26.2. The number of hydrogen-bond donors (Lipinski definition) is 1. The number of nitrogens with one attached hydrogen (secondary N) is 1. The molecule has 2 saturated carbocycles. The molecule has 0 unspecified atom stereocenters. The second-order valence-corrected chi connectivity index (χ2v) is 7.62. The van der Waals surface area contributed by atoms with E-state index in [1.165, 1.54) is 32.6 Å². The monoisotopic (exact) mass is 349 g/mol. The molecule has 2 fully saturated rings. The Balaban J connectivity index is 1.53. The van der Waals surface area contributed by atoms with Crippen LogP contribution >= 0.6 is 11.6 Å². The number of Topliss-reactive ketones (excluding diaryl/α,β-unsaturated/α-hetero) is 1. The molecular formula is C19H24ClNO3. The highest BCUT2D eigenvalue weighted by Gasteiger charge is 2.42. The van der Waals surface area contributed by atoms with Crippen molar-refractivity contribution in [2.75, 3.05) is 6.61 Å². The van der Waals surface area contributed by atoms with Gasteiger partial charge in [0.25, 0.3) is 5.91 Å². The van der Waals surface area contributed by atoms with E-state index in [4.69, 9.17) is 16.3 Å². The van der Waals surface area contributed by atoms with E-state index in [1.54, 1.807) is 18.2 Å². The van der Waals surface area contributed by atoms with Gasteiger partial charge < -0.3 is 10.1 Å². The number of benzene rings is 1. The zero-order valence-corrected chi connectivity index (χ0v) is 14.9. The molecule has 5 heteroatoms. The van der Waals surface area contributed by atoms with Crippen LogP contribution in [0.15, 0.2) is 18.2 Å². The molecule has 0 aliphatic heterocycles. The van der Waals surface area contributed by atoms with E-state index < -0.39 is 0 Å². The van der Waals surface area contributed by atoms with Crippen molar-refractivity contribution in [3.8, 4) is 5.75 Å². The predicted octanol–water partition coefficient (Wildman–Crippen LogP) is 3.86. The molecule has 2 aliphatic carbocycles. The van der Waals surface area contributed by atoms with Crippen LogP contribution in [0.3, 0.4) is 0 Å². The van der Waals surface area contributed by atoms with Gasteiger partial charge in [0.15, 0.2) is 12.4 Å². The molecule has 130 valence electrons. The van der Waals surface area contributed by atoms with Gasteiger partial charge in [0.05, 0.1) is 5.56 Å². The summed E-state index contributed by atoms with van der Waals surface area (Å²) in [7, 11) is 0. The second-order valence-electron chi connectivity index (χ2n) is 7.18. The van der Waals surface area contributed by atoms with Crippen LogP contribution in [-0.4, -0.2) is 24.3 Å². The van der Waals surface area contributed by atoms with Crippen LogP contribution in [0.4, 0.5) is 0 Å². The summed E-state index contributed by atoms with van der Waals surface area (Å²) in [6.45, 7) is 3.45. The van der Waals surface area contributed by atoms with Crippen molar-refractivity contribution in [3.05, 3.63) is 28.8 Å². The van der Waals surface area contributed by atoms with Gasteiger partial charge in [-0.15, -0.1) is 0 Å². The third kappa shape index (κ3) is 3.75. The van der Waals surface area contributed by atoms with Crippen LogP contribution in [0.25, 0.3) is 0 Å². The van der Waals surface area contributed by atoms with Gasteiger partial charge in [-0.05, 0) is 69.1 Å². The average molecular weight is 350 g/mol. The predicted molar refractivity (Wildman–Crippen MR) is 93.5 cm³/mol. The molecule has 0 aromatic heterocycles. The maximum absolute atomic E-state index is 12.2. The third-order valence-corrected chi connectivity index (χ3v) is 5.74. The zero-order valence-electron chi connectivity index (χ0n) is 14.2. The summed E-state index contributed by atoms with van der Waals surface area (Å²) >= 11 is 5.91. The van der Waals surface area contributed by atoms with Crippen LogP contribution in [0.5, 0.6) is 5.75 Å². The largest absolute Gasteiger partial charge is 0.483 e. The van der Waals surface area contributed by atoms with E-state index in [0.29, 0.717) is 22.3 Å². The summed E-state index contributed by atoms with van der Waals surface area (Å²) in [5.74, 6) is 2.35. The van der Waals surface area contributed by atoms with Gasteiger partial charge in [0, 0.05) is 11.1 Å². The van der Waals surface area contributed by atoms with Crippen molar-refractivity contribution in [2.45, 2.75) is 45.6 Å². The number of amides is 1. The van der Waals surface area contributed by atoms with Gasteiger partial charge in [0.1, 0.15) is 5.75 Å². The average Bonchev–Trinajstić information content (AvgIpc) is 3.16. The molecule has 2 aliphatic rings. The standard InChI is InChI=1S/C19H24ClNO3/c1-11(16-8-13-3-4-14(16)7-13)21-19(23)10-24-18-6-5-15(20)9-17(18)12(2)22/h5-6,9,11,13-14,16H,3-4,7-8,10H2,1-2H3,(H,21,23)/t11-,13-,14-,16+/m0/s1. The Kier molecular flexibility index (Phi) is 5.14. The van der Waals surface area contributed by atoms with Gasteiger partial charge in [0.2, 0.25) is 0 Å². The number of halogens is 1. The Morgan fingerprint density at radius 3 is 2.75 bits per heavy atom. The minimum absolute atomic E-state index is 0.0902. The van der Waals surface area contributed by atoms with E-state index in [9.17, 15) is 9.59 Å². The Hall–Kier alpha value is -1.55. The lowest BCUT2D eigenvalue weighted by Crippen LogP contribution is -2.42. The van der Waals surface area contributed by atoms with Crippen molar-refractivity contribution >= 4 is 23.3 Å². The summed E-state index contributed by atoms with van der Waals surface area (Å²) in [6, 6.07) is 5.02. The molecule has 4 atom stereocenters. The maximum atomic E-state index is 12.2. The molecule has 1 amide bonds. The fraction of sp³-hybridized carbons (Fsp3) is 0.579. The van der Waals surface area contributed by atoms with E-state index in [2.05, 4.69) is 12.2 Å². The number of ether oxygens (including phenoxy) is 1. The summed E-state index contributed by atoms with van der Waals surface area (Å²) in [6.07, 6.45) is 5.22. The minimum atomic E-state index is -0.144. The first-order chi connectivity index (χ1) is 11.4. The van der Waals surface area contributed by atoms with Crippen molar-refractivity contribution in [3.63, 3.8) is 0 Å². The fourth-order valence-electron chi connectivity index (χ4n) is 4.36. The Morgan fingerprint density at radius 1 is 1.33 bits per heavy atom. The van der Waals surface area contributed by atoms with Gasteiger partial charge in [-0.1, -0.05) is 18.0 Å². The fourth-order valence-corrected chi connectivity index (χ4v) is 4.53. The molecule has 3 rings (SSSR count). The Labute approximate surface area is 147 Å². The lowest BCUT2D eigenvalue weighted by molar-refractivity contribution is -0.124. The number of rotatable bonds is 6.